The standard InChI is InChI=1S/C20H25N3O2.ClH/c1-16-7-8-20(25-16)19-15-17(9-10-22-11-13-24-14-12-22)21-23(19)18-5-3-2-4-6-18;/h2-8,19H,9-15H2,1H3;1H. The largest absolute Gasteiger partial charge is 0.464 e. The van der Waals surface area contributed by atoms with E-state index in [-0.39, 0.29) is 18.4 Å². The SMILES string of the molecule is Cc1ccc(C2CC(CCN3CCOCC3)=NN2c2ccccc2)o1.Cl. The van der Waals surface area contributed by atoms with Gasteiger partial charge in [0.25, 0.3) is 0 Å². The van der Waals surface area contributed by atoms with Crippen molar-refractivity contribution in [2.45, 2.75) is 25.8 Å². The van der Waals surface area contributed by atoms with E-state index in [1.165, 1.54) is 5.71 Å². The molecule has 0 amide bonds. The average Bonchev–Trinajstić information content (AvgIpc) is 3.28. The summed E-state index contributed by atoms with van der Waals surface area (Å²) < 4.78 is 11.4. The van der Waals surface area contributed by atoms with Gasteiger partial charge in [0.15, 0.2) is 0 Å². The minimum Gasteiger partial charge on any atom is -0.464 e. The number of furan rings is 1. The van der Waals surface area contributed by atoms with Gasteiger partial charge in [0.05, 0.1) is 18.9 Å². The van der Waals surface area contributed by atoms with E-state index < -0.39 is 0 Å². The number of hydrazone groups is 1. The van der Waals surface area contributed by atoms with Crippen LogP contribution in [0.5, 0.6) is 0 Å². The normalized spacial score (nSPS) is 20.7. The Morgan fingerprint density at radius 1 is 1.08 bits per heavy atom. The van der Waals surface area contributed by atoms with Crippen LogP contribution < -0.4 is 5.01 Å². The van der Waals surface area contributed by atoms with Crippen LogP contribution in [0.4, 0.5) is 5.69 Å². The Labute approximate surface area is 161 Å². The van der Waals surface area contributed by atoms with Crippen molar-refractivity contribution in [2.24, 2.45) is 5.10 Å². The maximum absolute atomic E-state index is 5.92. The first-order chi connectivity index (χ1) is 12.3. The van der Waals surface area contributed by atoms with Gasteiger partial charge in [0.2, 0.25) is 0 Å². The molecular weight excluding hydrogens is 350 g/mol. The van der Waals surface area contributed by atoms with Gasteiger partial charge < -0.3 is 9.15 Å². The van der Waals surface area contributed by atoms with Crippen LogP contribution in [0.1, 0.15) is 30.4 Å². The predicted molar refractivity (Wildman–Crippen MR) is 106 cm³/mol. The number of hydrogen-bond acceptors (Lipinski definition) is 5. The molecule has 1 aromatic heterocycles. The van der Waals surface area contributed by atoms with E-state index in [4.69, 9.17) is 14.3 Å². The van der Waals surface area contributed by atoms with Gasteiger partial charge in [0, 0.05) is 38.2 Å². The average molecular weight is 376 g/mol. The molecule has 1 fully saturated rings. The maximum atomic E-state index is 5.92. The number of hydrogen-bond donors (Lipinski definition) is 0. The summed E-state index contributed by atoms with van der Waals surface area (Å²) in [6, 6.07) is 14.6. The number of halogens is 1. The zero-order chi connectivity index (χ0) is 17.1. The molecule has 4 rings (SSSR count). The molecule has 2 aliphatic heterocycles. The summed E-state index contributed by atoms with van der Waals surface area (Å²) in [6.07, 6.45) is 1.92. The molecule has 0 radical (unpaired) electrons. The third kappa shape index (κ3) is 4.29. The highest BCUT2D eigenvalue weighted by atomic mass is 35.5. The summed E-state index contributed by atoms with van der Waals surface area (Å²) in [5.41, 5.74) is 2.36. The van der Waals surface area contributed by atoms with E-state index in [1.807, 2.05) is 19.1 Å². The van der Waals surface area contributed by atoms with Gasteiger partial charge >= 0.3 is 0 Å². The molecular formula is C20H26ClN3O2. The van der Waals surface area contributed by atoms with Crippen LogP contribution in [0.25, 0.3) is 0 Å². The Morgan fingerprint density at radius 2 is 1.85 bits per heavy atom. The zero-order valence-electron chi connectivity index (χ0n) is 15.1. The first-order valence-corrected chi connectivity index (χ1v) is 9.07. The molecule has 0 N–H and O–H groups in total. The van der Waals surface area contributed by atoms with Gasteiger partial charge in [-0.15, -0.1) is 12.4 Å². The van der Waals surface area contributed by atoms with E-state index in [2.05, 4.69) is 40.2 Å². The summed E-state index contributed by atoms with van der Waals surface area (Å²) in [6.45, 7) is 6.78. The molecule has 0 spiro atoms. The fourth-order valence-corrected chi connectivity index (χ4v) is 3.51. The third-order valence-electron chi connectivity index (χ3n) is 4.90. The summed E-state index contributed by atoms with van der Waals surface area (Å²) in [7, 11) is 0. The van der Waals surface area contributed by atoms with Crippen molar-refractivity contribution in [3.05, 3.63) is 54.0 Å². The van der Waals surface area contributed by atoms with Gasteiger partial charge in [-0.1, -0.05) is 18.2 Å². The molecule has 26 heavy (non-hydrogen) atoms. The molecule has 2 aromatic rings. The number of aryl methyl sites for hydroxylation is 1. The third-order valence-corrected chi connectivity index (χ3v) is 4.90. The summed E-state index contributed by atoms with van der Waals surface area (Å²) in [4.78, 5) is 2.46. The van der Waals surface area contributed by atoms with Crippen molar-refractivity contribution in [2.75, 3.05) is 37.9 Å². The number of ether oxygens (including phenoxy) is 1. The summed E-state index contributed by atoms with van der Waals surface area (Å²) >= 11 is 0. The maximum Gasteiger partial charge on any atom is 0.129 e. The molecule has 1 unspecified atom stereocenters. The van der Waals surface area contributed by atoms with Crippen LogP contribution in [0.3, 0.4) is 0 Å². The van der Waals surface area contributed by atoms with Crippen molar-refractivity contribution in [3.63, 3.8) is 0 Å². The molecule has 0 saturated carbocycles. The van der Waals surface area contributed by atoms with Crippen LogP contribution in [0.15, 0.2) is 52.0 Å². The Kier molecular flexibility index (Phi) is 6.35. The van der Waals surface area contributed by atoms with Gasteiger partial charge in [0.1, 0.15) is 17.6 Å². The Morgan fingerprint density at radius 3 is 2.54 bits per heavy atom. The van der Waals surface area contributed by atoms with Crippen LogP contribution in [-0.2, 0) is 4.74 Å². The van der Waals surface area contributed by atoms with E-state index in [0.717, 1.165) is 62.9 Å². The van der Waals surface area contributed by atoms with E-state index in [0.29, 0.717) is 0 Å². The highest BCUT2D eigenvalue weighted by molar-refractivity contribution is 5.89. The summed E-state index contributed by atoms with van der Waals surface area (Å²) in [5.74, 6) is 1.94. The zero-order valence-corrected chi connectivity index (χ0v) is 16.0. The number of benzene rings is 1. The van der Waals surface area contributed by atoms with Gasteiger partial charge in [-0.25, -0.2) is 0 Å². The first kappa shape index (κ1) is 19.0. The summed E-state index contributed by atoms with van der Waals surface area (Å²) in [5, 5.41) is 7.06. The highest BCUT2D eigenvalue weighted by Crippen LogP contribution is 2.36. The Bertz CT molecular complexity index is 726. The van der Waals surface area contributed by atoms with Gasteiger partial charge in [-0.2, -0.15) is 5.10 Å². The molecule has 3 heterocycles. The van der Waals surface area contributed by atoms with E-state index >= 15 is 0 Å². The van der Waals surface area contributed by atoms with Crippen molar-refractivity contribution in [3.8, 4) is 0 Å². The fraction of sp³-hybridized carbons (Fsp3) is 0.450. The first-order valence-electron chi connectivity index (χ1n) is 9.07. The van der Waals surface area contributed by atoms with E-state index in [1.54, 1.807) is 0 Å². The van der Waals surface area contributed by atoms with Crippen LogP contribution in [-0.4, -0.2) is 43.5 Å². The molecule has 0 bridgehead atoms. The minimum atomic E-state index is 0. The molecule has 1 saturated heterocycles. The van der Waals surface area contributed by atoms with Crippen molar-refractivity contribution in [1.29, 1.82) is 0 Å². The predicted octanol–water partition coefficient (Wildman–Crippen LogP) is 4.04. The number of anilines is 1. The molecule has 5 nitrogen and oxygen atoms in total. The Hall–Kier alpha value is -1.82. The lowest BCUT2D eigenvalue weighted by Crippen LogP contribution is -2.37. The fourth-order valence-electron chi connectivity index (χ4n) is 3.51. The van der Waals surface area contributed by atoms with E-state index in [9.17, 15) is 0 Å². The molecule has 2 aliphatic rings. The molecule has 140 valence electrons. The highest BCUT2D eigenvalue weighted by Gasteiger charge is 2.31. The quantitative estimate of drug-likeness (QED) is 0.790. The van der Waals surface area contributed by atoms with Crippen molar-refractivity contribution < 1.29 is 9.15 Å². The van der Waals surface area contributed by atoms with Crippen LogP contribution >= 0.6 is 12.4 Å². The lowest BCUT2D eigenvalue weighted by Gasteiger charge is -2.26. The number of para-hydroxylation sites is 1. The van der Waals surface area contributed by atoms with Crippen LogP contribution in [0.2, 0.25) is 0 Å². The van der Waals surface area contributed by atoms with Crippen molar-refractivity contribution in [1.82, 2.24) is 4.90 Å². The second kappa shape index (κ2) is 8.71. The number of rotatable bonds is 5. The number of nitrogens with zero attached hydrogens (tertiary/aromatic N) is 3. The van der Waals surface area contributed by atoms with Gasteiger partial charge in [-0.05, 0) is 31.2 Å². The Balaban J connectivity index is 0.00000196. The molecule has 1 atom stereocenters. The topological polar surface area (TPSA) is 41.2 Å². The second-order valence-electron chi connectivity index (χ2n) is 6.72. The van der Waals surface area contributed by atoms with Crippen LogP contribution in [0, 0.1) is 6.92 Å². The molecule has 0 aliphatic carbocycles. The molecule has 6 heteroatoms. The minimum absolute atomic E-state index is 0. The monoisotopic (exact) mass is 375 g/mol. The number of morpholine rings is 1. The lowest BCUT2D eigenvalue weighted by molar-refractivity contribution is 0.0392. The lowest BCUT2D eigenvalue weighted by atomic mass is 10.1. The smallest absolute Gasteiger partial charge is 0.129 e. The molecule has 1 aromatic carbocycles. The van der Waals surface area contributed by atoms with Gasteiger partial charge in [-0.3, -0.25) is 9.91 Å². The van der Waals surface area contributed by atoms with Crippen molar-refractivity contribution >= 4 is 23.8 Å². The second-order valence-corrected chi connectivity index (χ2v) is 6.72.